The molecule has 0 aromatic heterocycles. The van der Waals surface area contributed by atoms with Gasteiger partial charge in [-0.05, 0) is 30.3 Å². The largest absolute Gasteiger partial charge is 0.369 e. The molecule has 0 spiro atoms. The Morgan fingerprint density at radius 3 is 2.44 bits per heavy atom. The molecule has 0 unspecified atom stereocenters. The summed E-state index contributed by atoms with van der Waals surface area (Å²) in [4.78, 5) is 26.7. The van der Waals surface area contributed by atoms with Gasteiger partial charge in [0.1, 0.15) is 5.82 Å². The number of nitro benzene ring substituents is 1. The van der Waals surface area contributed by atoms with E-state index >= 15 is 0 Å². The van der Waals surface area contributed by atoms with Gasteiger partial charge in [0.05, 0.1) is 22.2 Å². The van der Waals surface area contributed by atoms with Gasteiger partial charge in [0.15, 0.2) is 0 Å². The number of halogens is 2. The first-order chi connectivity index (χ1) is 12.9. The first-order valence-electron chi connectivity index (χ1n) is 8.39. The van der Waals surface area contributed by atoms with Crippen LogP contribution in [0.15, 0.2) is 42.5 Å². The van der Waals surface area contributed by atoms with E-state index in [-0.39, 0.29) is 34.7 Å². The van der Waals surface area contributed by atoms with Gasteiger partial charge >= 0.3 is 0 Å². The molecule has 142 valence electrons. The summed E-state index contributed by atoms with van der Waals surface area (Å²) in [7, 11) is 0. The van der Waals surface area contributed by atoms with Gasteiger partial charge in [0.2, 0.25) is 5.91 Å². The number of nitrogens with zero attached hydrogens (tertiary/aromatic N) is 3. The topological polar surface area (TPSA) is 78.7 Å². The summed E-state index contributed by atoms with van der Waals surface area (Å²) in [6.07, 6.45) is 0. The normalized spacial score (nSPS) is 14.8. The average Bonchev–Trinajstić information content (AvgIpc) is 2.64. The van der Waals surface area contributed by atoms with E-state index in [1.54, 1.807) is 12.1 Å². The first kappa shape index (κ1) is 19.1. The van der Waals surface area contributed by atoms with Gasteiger partial charge in [-0.3, -0.25) is 19.8 Å². The van der Waals surface area contributed by atoms with E-state index < -0.39 is 4.92 Å². The maximum absolute atomic E-state index is 13.0. The van der Waals surface area contributed by atoms with E-state index in [0.717, 1.165) is 18.8 Å². The number of nitrogens with one attached hydrogen (secondary N) is 1. The van der Waals surface area contributed by atoms with E-state index in [1.807, 2.05) is 4.90 Å². The summed E-state index contributed by atoms with van der Waals surface area (Å²) in [6.45, 7) is 2.95. The standard InChI is InChI=1S/C18H18ClFN4O3/c19-16-6-5-15(24(26)27)11-17(16)21-18(25)12-22-7-9-23(10-8-22)14-3-1-13(20)2-4-14/h1-6,11H,7-10,12H2,(H,21,25). The second kappa shape index (κ2) is 8.32. The van der Waals surface area contributed by atoms with Gasteiger partial charge < -0.3 is 10.2 Å². The Bertz CT molecular complexity index is 839. The van der Waals surface area contributed by atoms with Crippen molar-refractivity contribution >= 4 is 34.6 Å². The number of amides is 1. The third kappa shape index (κ3) is 4.93. The molecule has 27 heavy (non-hydrogen) atoms. The van der Waals surface area contributed by atoms with E-state index in [0.29, 0.717) is 13.1 Å². The molecule has 2 aromatic carbocycles. The Balaban J connectivity index is 1.53. The predicted octanol–water partition coefficient (Wildman–Crippen LogP) is 3.15. The lowest BCUT2D eigenvalue weighted by Crippen LogP contribution is -2.48. The smallest absolute Gasteiger partial charge is 0.271 e. The van der Waals surface area contributed by atoms with Crippen LogP contribution >= 0.6 is 11.6 Å². The van der Waals surface area contributed by atoms with Crippen molar-refractivity contribution in [3.63, 3.8) is 0 Å². The van der Waals surface area contributed by atoms with Crippen LogP contribution < -0.4 is 10.2 Å². The minimum atomic E-state index is -0.541. The van der Waals surface area contributed by atoms with Crippen molar-refractivity contribution in [1.82, 2.24) is 4.90 Å². The monoisotopic (exact) mass is 392 g/mol. The lowest BCUT2D eigenvalue weighted by atomic mass is 10.2. The van der Waals surface area contributed by atoms with E-state index in [2.05, 4.69) is 10.2 Å². The second-order valence-electron chi connectivity index (χ2n) is 6.21. The Labute approximate surface area is 160 Å². The zero-order chi connectivity index (χ0) is 19.4. The summed E-state index contributed by atoms with van der Waals surface area (Å²) in [5, 5.41) is 13.7. The van der Waals surface area contributed by atoms with Crippen molar-refractivity contribution < 1.29 is 14.1 Å². The first-order valence-corrected chi connectivity index (χ1v) is 8.77. The van der Waals surface area contributed by atoms with Crippen LogP contribution in [0, 0.1) is 15.9 Å². The third-order valence-electron chi connectivity index (χ3n) is 4.37. The Morgan fingerprint density at radius 1 is 1.15 bits per heavy atom. The summed E-state index contributed by atoms with van der Waals surface area (Å²) in [5.41, 5.74) is 1.03. The van der Waals surface area contributed by atoms with Gasteiger partial charge in [-0.25, -0.2) is 4.39 Å². The number of piperazine rings is 1. The molecule has 0 radical (unpaired) electrons. The molecule has 9 heteroatoms. The summed E-state index contributed by atoms with van der Waals surface area (Å²) < 4.78 is 13.0. The highest BCUT2D eigenvalue weighted by Gasteiger charge is 2.20. The molecule has 0 saturated carbocycles. The van der Waals surface area contributed by atoms with Gasteiger partial charge in [0.25, 0.3) is 5.69 Å². The molecular formula is C18H18ClFN4O3. The van der Waals surface area contributed by atoms with Crippen LogP contribution in [0.1, 0.15) is 0 Å². The minimum absolute atomic E-state index is 0.136. The number of carbonyl (C=O) groups excluding carboxylic acids is 1. The number of benzene rings is 2. The molecule has 1 N–H and O–H groups in total. The molecule has 7 nitrogen and oxygen atoms in total. The molecule has 1 aliphatic heterocycles. The van der Waals surface area contributed by atoms with Crippen molar-refractivity contribution in [2.75, 3.05) is 42.9 Å². The minimum Gasteiger partial charge on any atom is -0.369 e. The van der Waals surface area contributed by atoms with Crippen molar-refractivity contribution in [1.29, 1.82) is 0 Å². The fraction of sp³-hybridized carbons (Fsp3) is 0.278. The van der Waals surface area contributed by atoms with E-state index in [4.69, 9.17) is 11.6 Å². The number of non-ortho nitro benzene ring substituents is 1. The average molecular weight is 393 g/mol. The fourth-order valence-corrected chi connectivity index (χ4v) is 3.10. The van der Waals surface area contributed by atoms with Crippen LogP contribution in [0.25, 0.3) is 0 Å². The van der Waals surface area contributed by atoms with Crippen LogP contribution in [0.3, 0.4) is 0 Å². The maximum Gasteiger partial charge on any atom is 0.271 e. The molecule has 3 rings (SSSR count). The summed E-state index contributed by atoms with van der Waals surface area (Å²) >= 11 is 6.00. The number of hydrogen-bond acceptors (Lipinski definition) is 5. The zero-order valence-electron chi connectivity index (χ0n) is 14.4. The highest BCUT2D eigenvalue weighted by Crippen LogP contribution is 2.26. The van der Waals surface area contributed by atoms with Gasteiger partial charge in [-0.2, -0.15) is 0 Å². The van der Waals surface area contributed by atoms with E-state index in [9.17, 15) is 19.3 Å². The SMILES string of the molecule is O=C(CN1CCN(c2ccc(F)cc2)CC1)Nc1cc([N+](=O)[O-])ccc1Cl. The van der Waals surface area contributed by atoms with Crippen LogP contribution in [-0.4, -0.2) is 48.5 Å². The van der Waals surface area contributed by atoms with Crippen molar-refractivity contribution in [3.8, 4) is 0 Å². The van der Waals surface area contributed by atoms with Crippen molar-refractivity contribution in [2.24, 2.45) is 0 Å². The van der Waals surface area contributed by atoms with Crippen LogP contribution in [0.4, 0.5) is 21.5 Å². The fourth-order valence-electron chi connectivity index (χ4n) is 2.93. The molecule has 1 aliphatic rings. The number of nitro groups is 1. The lowest BCUT2D eigenvalue weighted by Gasteiger charge is -2.35. The molecule has 0 aliphatic carbocycles. The van der Waals surface area contributed by atoms with Gasteiger partial charge in [0, 0.05) is 44.0 Å². The molecule has 1 amide bonds. The third-order valence-corrected chi connectivity index (χ3v) is 4.70. The zero-order valence-corrected chi connectivity index (χ0v) is 15.2. The second-order valence-corrected chi connectivity index (χ2v) is 6.62. The summed E-state index contributed by atoms with van der Waals surface area (Å²) in [5.74, 6) is -0.554. The maximum atomic E-state index is 13.0. The molecule has 1 fully saturated rings. The number of hydrogen-bond donors (Lipinski definition) is 1. The molecular weight excluding hydrogens is 375 g/mol. The van der Waals surface area contributed by atoms with Crippen LogP contribution in [-0.2, 0) is 4.79 Å². The predicted molar refractivity (Wildman–Crippen MR) is 102 cm³/mol. The Morgan fingerprint density at radius 2 is 1.81 bits per heavy atom. The van der Waals surface area contributed by atoms with Gasteiger partial charge in [-0.15, -0.1) is 0 Å². The molecule has 2 aromatic rings. The van der Waals surface area contributed by atoms with Gasteiger partial charge in [-0.1, -0.05) is 11.6 Å². The lowest BCUT2D eigenvalue weighted by molar-refractivity contribution is -0.384. The molecule has 0 bridgehead atoms. The highest BCUT2D eigenvalue weighted by atomic mass is 35.5. The number of anilines is 2. The number of carbonyl (C=O) groups is 1. The highest BCUT2D eigenvalue weighted by molar-refractivity contribution is 6.33. The Hall–Kier alpha value is -2.71. The van der Waals surface area contributed by atoms with Crippen molar-refractivity contribution in [2.45, 2.75) is 0 Å². The Kier molecular flexibility index (Phi) is 5.88. The quantitative estimate of drug-likeness (QED) is 0.624. The molecule has 1 saturated heterocycles. The molecule has 0 atom stereocenters. The summed E-state index contributed by atoms with van der Waals surface area (Å²) in [6, 6.07) is 10.2. The number of rotatable bonds is 5. The van der Waals surface area contributed by atoms with Crippen molar-refractivity contribution in [3.05, 3.63) is 63.4 Å². The van der Waals surface area contributed by atoms with Crippen LogP contribution in [0.2, 0.25) is 5.02 Å². The van der Waals surface area contributed by atoms with E-state index in [1.165, 1.54) is 30.3 Å². The van der Waals surface area contributed by atoms with Crippen LogP contribution in [0.5, 0.6) is 0 Å². The molecule has 1 heterocycles.